The van der Waals surface area contributed by atoms with Gasteiger partial charge in [-0.3, -0.25) is 4.79 Å². The minimum atomic E-state index is -0.566. The fourth-order valence-electron chi connectivity index (χ4n) is 1.31. The Morgan fingerprint density at radius 2 is 2.12 bits per heavy atom. The fourth-order valence-corrected chi connectivity index (χ4v) is 1.78. The summed E-state index contributed by atoms with van der Waals surface area (Å²) in [5, 5.41) is -0.275. The van der Waals surface area contributed by atoms with Gasteiger partial charge in [-0.1, -0.05) is 37.4 Å². The molecule has 0 saturated carbocycles. The molecule has 1 aromatic rings. The molecule has 1 rings (SSSR count). The third-order valence-corrected chi connectivity index (χ3v) is 2.77. The van der Waals surface area contributed by atoms with E-state index in [1.54, 1.807) is 18.2 Å². The molecule has 0 fully saturated rings. The second-order valence-corrected chi connectivity index (χ2v) is 4.17. The first-order valence-corrected chi connectivity index (χ1v) is 6.03. The van der Waals surface area contributed by atoms with Crippen LogP contribution in [0.2, 0.25) is 5.02 Å². The Hall–Kier alpha value is -0.730. The van der Waals surface area contributed by atoms with Crippen LogP contribution in [0.3, 0.4) is 0 Å². The van der Waals surface area contributed by atoms with Crippen molar-refractivity contribution in [1.82, 2.24) is 0 Å². The molecule has 0 N–H and O–H groups in total. The lowest BCUT2D eigenvalue weighted by Crippen LogP contribution is -1.99. The Morgan fingerprint density at radius 1 is 1.38 bits per heavy atom. The molecule has 0 radical (unpaired) electrons. The molecule has 0 aliphatic rings. The number of carbonyl (C=O) groups excluding carboxylic acids is 1. The third kappa shape index (κ3) is 3.69. The van der Waals surface area contributed by atoms with E-state index in [1.807, 2.05) is 0 Å². The van der Waals surface area contributed by atoms with E-state index in [4.69, 9.17) is 27.9 Å². The minimum Gasteiger partial charge on any atom is -0.492 e. The van der Waals surface area contributed by atoms with Crippen LogP contribution in [0.1, 0.15) is 36.5 Å². The van der Waals surface area contributed by atoms with E-state index < -0.39 is 5.24 Å². The first kappa shape index (κ1) is 13.3. The minimum absolute atomic E-state index is 0.288. The monoisotopic (exact) mass is 260 g/mol. The van der Waals surface area contributed by atoms with Crippen LogP contribution in [0.25, 0.3) is 0 Å². The molecule has 0 saturated heterocycles. The molecule has 2 nitrogen and oxygen atoms in total. The summed E-state index contributed by atoms with van der Waals surface area (Å²) in [6, 6.07) is 5.02. The van der Waals surface area contributed by atoms with Gasteiger partial charge in [0.1, 0.15) is 5.75 Å². The quantitative estimate of drug-likeness (QED) is 0.564. The zero-order valence-corrected chi connectivity index (χ0v) is 10.6. The summed E-state index contributed by atoms with van der Waals surface area (Å²) in [6.45, 7) is 2.73. The van der Waals surface area contributed by atoms with Crippen LogP contribution < -0.4 is 4.74 Å². The van der Waals surface area contributed by atoms with Crippen LogP contribution in [-0.2, 0) is 0 Å². The summed E-state index contributed by atoms with van der Waals surface area (Å²) in [6.07, 6.45) is 3.23. The molecule has 1 aromatic carbocycles. The third-order valence-electron chi connectivity index (χ3n) is 2.18. The zero-order valence-electron chi connectivity index (χ0n) is 9.13. The number of hydrogen-bond donors (Lipinski definition) is 0. The Labute approximate surface area is 106 Å². The molecule has 0 aliphatic heterocycles. The summed E-state index contributed by atoms with van der Waals surface area (Å²) in [7, 11) is 0. The lowest BCUT2D eigenvalue weighted by atomic mass is 10.2. The van der Waals surface area contributed by atoms with Crippen molar-refractivity contribution in [2.75, 3.05) is 6.61 Å². The van der Waals surface area contributed by atoms with E-state index in [0.717, 1.165) is 19.3 Å². The standard InChI is InChI=1S/C12H14Cl2O2/c1-2-3-4-8-16-10-7-5-6-9(11(10)13)12(14)15/h5-7H,2-4,8H2,1H3. The Kier molecular flexibility index (Phi) is 5.64. The summed E-state index contributed by atoms with van der Waals surface area (Å²) in [4.78, 5) is 11.0. The van der Waals surface area contributed by atoms with Crippen molar-refractivity contribution in [3.63, 3.8) is 0 Å². The average molecular weight is 261 g/mol. The van der Waals surface area contributed by atoms with Crippen LogP contribution in [0, 0.1) is 0 Å². The van der Waals surface area contributed by atoms with E-state index in [0.29, 0.717) is 17.4 Å². The van der Waals surface area contributed by atoms with E-state index in [2.05, 4.69) is 6.92 Å². The molecular formula is C12H14Cl2O2. The molecule has 0 unspecified atom stereocenters. The Balaban J connectivity index is 2.66. The first-order valence-electron chi connectivity index (χ1n) is 5.28. The molecule has 0 aliphatic carbocycles. The molecule has 0 heterocycles. The SMILES string of the molecule is CCCCCOc1cccc(C(=O)Cl)c1Cl. The molecule has 0 atom stereocenters. The first-order chi connectivity index (χ1) is 7.66. The number of unbranched alkanes of at least 4 members (excludes halogenated alkanes) is 2. The fraction of sp³-hybridized carbons (Fsp3) is 0.417. The van der Waals surface area contributed by atoms with Crippen LogP contribution >= 0.6 is 23.2 Å². The van der Waals surface area contributed by atoms with E-state index in [1.165, 1.54) is 0 Å². The van der Waals surface area contributed by atoms with Crippen molar-refractivity contribution in [2.45, 2.75) is 26.2 Å². The van der Waals surface area contributed by atoms with Gasteiger partial charge in [0.25, 0.3) is 5.24 Å². The van der Waals surface area contributed by atoms with Gasteiger partial charge in [0.05, 0.1) is 17.2 Å². The van der Waals surface area contributed by atoms with Gasteiger partial charge < -0.3 is 4.74 Å². The predicted octanol–water partition coefficient (Wildman–Crippen LogP) is 4.29. The lowest BCUT2D eigenvalue weighted by Gasteiger charge is -2.09. The van der Waals surface area contributed by atoms with Crippen LogP contribution in [0.15, 0.2) is 18.2 Å². The van der Waals surface area contributed by atoms with Crippen molar-refractivity contribution in [1.29, 1.82) is 0 Å². The van der Waals surface area contributed by atoms with Gasteiger partial charge in [-0.25, -0.2) is 0 Å². The maximum absolute atomic E-state index is 11.0. The van der Waals surface area contributed by atoms with E-state index in [9.17, 15) is 4.79 Å². The lowest BCUT2D eigenvalue weighted by molar-refractivity contribution is 0.108. The second-order valence-electron chi connectivity index (χ2n) is 3.45. The number of benzene rings is 1. The van der Waals surface area contributed by atoms with Gasteiger partial charge in [0.15, 0.2) is 0 Å². The predicted molar refractivity (Wildman–Crippen MR) is 66.7 cm³/mol. The van der Waals surface area contributed by atoms with Crippen molar-refractivity contribution in [3.8, 4) is 5.75 Å². The van der Waals surface area contributed by atoms with Crippen LogP contribution in [0.5, 0.6) is 5.75 Å². The molecule has 4 heteroatoms. The molecule has 0 bridgehead atoms. The Morgan fingerprint density at radius 3 is 2.75 bits per heavy atom. The van der Waals surface area contributed by atoms with Gasteiger partial charge >= 0.3 is 0 Å². The highest BCUT2D eigenvalue weighted by Gasteiger charge is 2.11. The van der Waals surface area contributed by atoms with Gasteiger partial charge in [0, 0.05) is 0 Å². The number of carbonyl (C=O) groups is 1. The number of rotatable bonds is 6. The van der Waals surface area contributed by atoms with Crippen LogP contribution in [-0.4, -0.2) is 11.8 Å². The van der Waals surface area contributed by atoms with Crippen molar-refractivity contribution < 1.29 is 9.53 Å². The average Bonchev–Trinajstić information content (AvgIpc) is 2.26. The highest BCUT2D eigenvalue weighted by atomic mass is 35.5. The summed E-state index contributed by atoms with van der Waals surface area (Å²) in [5.41, 5.74) is 0.288. The van der Waals surface area contributed by atoms with Gasteiger partial charge in [-0.2, -0.15) is 0 Å². The van der Waals surface area contributed by atoms with Gasteiger partial charge in [-0.15, -0.1) is 0 Å². The summed E-state index contributed by atoms with van der Waals surface area (Å²) < 4.78 is 5.49. The normalized spacial score (nSPS) is 10.2. The largest absolute Gasteiger partial charge is 0.492 e. The van der Waals surface area contributed by atoms with Crippen molar-refractivity contribution in [3.05, 3.63) is 28.8 Å². The van der Waals surface area contributed by atoms with E-state index >= 15 is 0 Å². The summed E-state index contributed by atoms with van der Waals surface area (Å²) in [5.74, 6) is 0.518. The molecule has 16 heavy (non-hydrogen) atoms. The number of ether oxygens (including phenoxy) is 1. The van der Waals surface area contributed by atoms with Crippen molar-refractivity contribution in [2.24, 2.45) is 0 Å². The van der Waals surface area contributed by atoms with Crippen LogP contribution in [0.4, 0.5) is 0 Å². The molecule has 0 aromatic heterocycles. The molecule has 0 amide bonds. The highest BCUT2D eigenvalue weighted by Crippen LogP contribution is 2.29. The van der Waals surface area contributed by atoms with E-state index in [-0.39, 0.29) is 5.56 Å². The Bertz CT molecular complexity index is 364. The summed E-state index contributed by atoms with van der Waals surface area (Å²) >= 11 is 11.4. The van der Waals surface area contributed by atoms with Gasteiger partial charge in [-0.05, 0) is 30.2 Å². The van der Waals surface area contributed by atoms with Gasteiger partial charge in [0.2, 0.25) is 0 Å². The molecule has 88 valence electrons. The smallest absolute Gasteiger partial charge is 0.254 e. The molecular weight excluding hydrogens is 247 g/mol. The number of halogens is 2. The molecule has 0 spiro atoms. The maximum Gasteiger partial charge on any atom is 0.254 e. The topological polar surface area (TPSA) is 26.3 Å². The maximum atomic E-state index is 11.0. The zero-order chi connectivity index (χ0) is 12.0. The highest BCUT2D eigenvalue weighted by molar-refractivity contribution is 6.68. The number of hydrogen-bond acceptors (Lipinski definition) is 2. The second kappa shape index (κ2) is 6.77. The van der Waals surface area contributed by atoms with Crippen molar-refractivity contribution >= 4 is 28.4 Å².